The zero-order valence-electron chi connectivity index (χ0n) is 21.2. The smallest absolute Gasteiger partial charge is 0.264 e. The summed E-state index contributed by atoms with van der Waals surface area (Å²) in [5.74, 6) is -1.95. The third-order valence-electron chi connectivity index (χ3n) is 7.31. The van der Waals surface area contributed by atoms with Gasteiger partial charge in [0.25, 0.3) is 11.8 Å². The molecule has 4 atom stereocenters. The summed E-state index contributed by atoms with van der Waals surface area (Å²) >= 11 is 0. The summed E-state index contributed by atoms with van der Waals surface area (Å²) in [6, 6.07) is 12.3. The van der Waals surface area contributed by atoms with Crippen LogP contribution in [0.2, 0.25) is 0 Å². The zero-order chi connectivity index (χ0) is 26.9. The van der Waals surface area contributed by atoms with Crippen molar-refractivity contribution in [3.05, 3.63) is 71.3 Å². The Bertz CT molecular complexity index is 1240. The van der Waals surface area contributed by atoms with Gasteiger partial charge in [0.1, 0.15) is 6.10 Å². The van der Waals surface area contributed by atoms with Crippen molar-refractivity contribution >= 4 is 29.1 Å². The summed E-state index contributed by atoms with van der Waals surface area (Å²) < 4.78 is 0. The zero-order valence-corrected chi connectivity index (χ0v) is 21.2. The van der Waals surface area contributed by atoms with Gasteiger partial charge < -0.3 is 30.4 Å². The van der Waals surface area contributed by atoms with Gasteiger partial charge >= 0.3 is 0 Å². The van der Waals surface area contributed by atoms with Crippen LogP contribution in [0.5, 0.6) is 0 Å². The minimum atomic E-state index is -1.90. The van der Waals surface area contributed by atoms with Crippen LogP contribution >= 0.6 is 0 Å². The Morgan fingerprint density at radius 2 is 1.89 bits per heavy atom. The van der Waals surface area contributed by atoms with Crippen molar-refractivity contribution in [2.24, 2.45) is 5.92 Å². The summed E-state index contributed by atoms with van der Waals surface area (Å²) in [6.45, 7) is 3.32. The Labute approximate surface area is 216 Å². The minimum Gasteiger partial charge on any atom is -0.394 e. The number of aliphatic hydroxyl groups is 3. The van der Waals surface area contributed by atoms with Crippen LogP contribution in [-0.2, 0) is 33.0 Å². The number of amides is 3. The lowest BCUT2D eigenvalue weighted by Crippen LogP contribution is -2.46. The second kappa shape index (κ2) is 10.5. The summed E-state index contributed by atoms with van der Waals surface area (Å²) in [7, 11) is 1.57. The van der Waals surface area contributed by atoms with E-state index in [1.54, 1.807) is 43.2 Å². The first kappa shape index (κ1) is 26.5. The van der Waals surface area contributed by atoms with Gasteiger partial charge in [-0.2, -0.15) is 0 Å². The van der Waals surface area contributed by atoms with Crippen molar-refractivity contribution in [1.29, 1.82) is 0 Å². The highest BCUT2D eigenvalue weighted by molar-refractivity contribution is 6.07. The number of nitrogens with one attached hydrogen (secondary N) is 1. The maximum Gasteiger partial charge on any atom is 0.264 e. The van der Waals surface area contributed by atoms with Crippen LogP contribution in [-0.4, -0.2) is 63.7 Å². The van der Waals surface area contributed by atoms with Gasteiger partial charge in [0.2, 0.25) is 5.91 Å². The lowest BCUT2D eigenvalue weighted by molar-refractivity contribution is -0.139. The molecular weight excluding hydrogens is 474 g/mol. The molecule has 4 N–H and O–H groups in total. The van der Waals surface area contributed by atoms with Crippen molar-refractivity contribution < 1.29 is 29.7 Å². The lowest BCUT2D eigenvalue weighted by atomic mass is 9.82. The van der Waals surface area contributed by atoms with Crippen molar-refractivity contribution in [3.8, 4) is 0 Å². The number of rotatable bonds is 7. The molecule has 2 heterocycles. The molecule has 0 saturated heterocycles. The van der Waals surface area contributed by atoms with E-state index in [9.17, 15) is 29.7 Å². The molecule has 2 aromatic carbocycles. The van der Waals surface area contributed by atoms with Gasteiger partial charge in [-0.1, -0.05) is 43.3 Å². The van der Waals surface area contributed by atoms with E-state index < -0.39 is 29.4 Å². The number of benzene rings is 2. The standard InChI is InChI=1S/C28H33N3O6/c1-17(7-6-10-25(34)31-15-20-9-5-4-8-19(20)13-22(31)16-32)28(37)23-14-21(29-26(35)18(2)33)11-12-24(23)30(3)27(28)36/h4-9,11-12,14,17-18,22,32-33,37H,10,13,15-16H2,1-3H3,(H,29,35)/b7-6+/t17-,18-,22-,28+/m0/s1. The molecule has 2 aliphatic rings. The monoisotopic (exact) mass is 507 g/mol. The normalized spacial score (nSPS) is 22.5. The van der Waals surface area contributed by atoms with Crippen LogP contribution in [0.4, 0.5) is 11.4 Å². The number of carbonyl (C=O) groups excluding carboxylic acids is 3. The average molecular weight is 508 g/mol. The molecule has 0 fully saturated rings. The number of nitrogens with zero attached hydrogens (tertiary/aromatic N) is 2. The highest BCUT2D eigenvalue weighted by atomic mass is 16.3. The molecule has 37 heavy (non-hydrogen) atoms. The maximum absolute atomic E-state index is 13.1. The Hall–Kier alpha value is -3.53. The predicted molar refractivity (Wildman–Crippen MR) is 139 cm³/mol. The first-order chi connectivity index (χ1) is 17.6. The molecule has 0 unspecified atom stereocenters. The van der Waals surface area contributed by atoms with Crippen molar-refractivity contribution in [1.82, 2.24) is 4.90 Å². The number of likely N-dealkylation sites (N-methyl/N-ethyl adjacent to an activating group) is 1. The highest BCUT2D eigenvalue weighted by Gasteiger charge is 2.51. The predicted octanol–water partition coefficient (Wildman–Crippen LogP) is 1.70. The minimum absolute atomic E-state index is 0.0560. The Balaban J connectivity index is 1.51. The number of hydrogen-bond acceptors (Lipinski definition) is 6. The fraction of sp³-hybridized carbons (Fsp3) is 0.393. The Kier molecular flexibility index (Phi) is 7.49. The molecule has 9 heteroatoms. The molecule has 196 valence electrons. The number of fused-ring (bicyclic) bond motifs is 2. The van der Waals surface area contributed by atoms with Gasteiger partial charge in [0.05, 0.1) is 18.3 Å². The van der Waals surface area contributed by atoms with E-state index in [-0.39, 0.29) is 25.0 Å². The Morgan fingerprint density at radius 1 is 1.19 bits per heavy atom. The second-order valence-electron chi connectivity index (χ2n) is 9.78. The number of anilines is 2. The van der Waals surface area contributed by atoms with Crippen LogP contribution in [0, 0.1) is 5.92 Å². The lowest BCUT2D eigenvalue weighted by Gasteiger charge is -2.36. The molecule has 0 bridgehead atoms. The van der Waals surface area contributed by atoms with Gasteiger partial charge in [-0.15, -0.1) is 0 Å². The molecule has 9 nitrogen and oxygen atoms in total. The van der Waals surface area contributed by atoms with E-state index in [0.29, 0.717) is 29.9 Å². The molecule has 2 aliphatic heterocycles. The number of aliphatic hydroxyl groups excluding tert-OH is 2. The molecule has 0 radical (unpaired) electrons. The summed E-state index contributed by atoms with van der Waals surface area (Å²) in [5.41, 5.74) is 1.48. The van der Waals surface area contributed by atoms with Gasteiger partial charge in [0, 0.05) is 37.2 Å². The molecule has 2 aromatic rings. The van der Waals surface area contributed by atoms with E-state index >= 15 is 0 Å². The average Bonchev–Trinajstić information content (AvgIpc) is 3.09. The van der Waals surface area contributed by atoms with E-state index in [2.05, 4.69) is 5.32 Å². The van der Waals surface area contributed by atoms with Gasteiger partial charge in [-0.3, -0.25) is 14.4 Å². The SMILES string of the molecule is C[C@H](O)C(=O)Nc1ccc2c(c1)[C@](O)([C@@H](C)/C=C/CC(=O)N1Cc3ccccc3C[C@H]1CO)C(=O)N2C. The van der Waals surface area contributed by atoms with Crippen molar-refractivity contribution in [2.75, 3.05) is 23.9 Å². The van der Waals surface area contributed by atoms with Crippen molar-refractivity contribution in [3.63, 3.8) is 0 Å². The fourth-order valence-corrected chi connectivity index (χ4v) is 5.05. The van der Waals surface area contributed by atoms with Crippen LogP contribution in [0.3, 0.4) is 0 Å². The largest absolute Gasteiger partial charge is 0.394 e. The summed E-state index contributed by atoms with van der Waals surface area (Å²) in [4.78, 5) is 41.1. The molecule has 0 saturated carbocycles. The first-order valence-corrected chi connectivity index (χ1v) is 12.4. The second-order valence-corrected chi connectivity index (χ2v) is 9.78. The first-order valence-electron chi connectivity index (χ1n) is 12.4. The topological polar surface area (TPSA) is 130 Å². The van der Waals surface area contributed by atoms with E-state index in [1.807, 2.05) is 24.3 Å². The molecular formula is C28H33N3O6. The maximum atomic E-state index is 13.1. The third-order valence-corrected chi connectivity index (χ3v) is 7.31. The quantitative estimate of drug-likeness (QED) is 0.422. The highest BCUT2D eigenvalue weighted by Crippen LogP contribution is 2.45. The number of hydrogen-bond donors (Lipinski definition) is 4. The van der Waals surface area contributed by atoms with Gasteiger partial charge in [0.15, 0.2) is 5.60 Å². The number of carbonyl (C=O) groups is 3. The van der Waals surface area contributed by atoms with E-state index in [1.165, 1.54) is 17.9 Å². The molecule has 3 amide bonds. The molecule has 4 rings (SSSR count). The van der Waals surface area contributed by atoms with E-state index in [0.717, 1.165) is 11.1 Å². The fourth-order valence-electron chi connectivity index (χ4n) is 5.05. The van der Waals surface area contributed by atoms with Gasteiger partial charge in [-0.05, 0) is 42.7 Å². The van der Waals surface area contributed by atoms with Crippen molar-refractivity contribution in [2.45, 2.75) is 51.0 Å². The summed E-state index contributed by atoms with van der Waals surface area (Å²) in [6.07, 6.45) is 2.72. The molecule has 0 spiro atoms. The molecule has 0 aromatic heterocycles. The van der Waals surface area contributed by atoms with E-state index in [4.69, 9.17) is 0 Å². The van der Waals surface area contributed by atoms with Crippen LogP contribution < -0.4 is 10.2 Å². The third kappa shape index (κ3) is 4.90. The molecule has 0 aliphatic carbocycles. The Morgan fingerprint density at radius 3 is 2.57 bits per heavy atom. The van der Waals surface area contributed by atoms with Crippen LogP contribution in [0.25, 0.3) is 0 Å². The van der Waals surface area contributed by atoms with Crippen LogP contribution in [0.1, 0.15) is 37.0 Å². The van der Waals surface area contributed by atoms with Crippen LogP contribution in [0.15, 0.2) is 54.6 Å². The van der Waals surface area contributed by atoms with Gasteiger partial charge in [-0.25, -0.2) is 0 Å². The summed E-state index contributed by atoms with van der Waals surface area (Å²) in [5, 5.41) is 33.5.